The molecule has 1 aromatic carbocycles. The van der Waals surface area contributed by atoms with E-state index in [1.165, 1.54) is 0 Å². The van der Waals surface area contributed by atoms with E-state index in [-0.39, 0.29) is 0 Å². The molecule has 0 bridgehead atoms. The van der Waals surface area contributed by atoms with Crippen molar-refractivity contribution in [2.45, 2.75) is 6.92 Å². The highest BCUT2D eigenvalue weighted by atomic mass is 127. The highest BCUT2D eigenvalue weighted by Crippen LogP contribution is 2.23. The molecule has 64 valence electrons. The first-order chi connectivity index (χ1) is 5.54. The van der Waals surface area contributed by atoms with Gasteiger partial charge in [0.2, 0.25) is 0 Å². The van der Waals surface area contributed by atoms with Crippen LogP contribution in [0.1, 0.15) is 15.9 Å². The van der Waals surface area contributed by atoms with Gasteiger partial charge in [-0.15, -0.1) is 0 Å². The average Bonchev–Trinajstić information content (AvgIpc) is 1.97. The number of aromatic carboxylic acids is 1. The van der Waals surface area contributed by atoms with E-state index in [4.69, 9.17) is 16.7 Å². The normalized spacial score (nSPS) is 9.92. The highest BCUT2D eigenvalue weighted by molar-refractivity contribution is 14.1. The summed E-state index contributed by atoms with van der Waals surface area (Å²) in [5.74, 6) is -0.931. The average molecular weight is 296 g/mol. The highest BCUT2D eigenvalue weighted by Gasteiger charge is 2.13. The first kappa shape index (κ1) is 9.80. The Bertz CT molecular complexity index is 336. The van der Waals surface area contributed by atoms with Crippen LogP contribution in [0.3, 0.4) is 0 Å². The lowest BCUT2D eigenvalue weighted by molar-refractivity contribution is 0.0695. The molecule has 0 unspecified atom stereocenters. The largest absolute Gasteiger partial charge is 0.478 e. The Morgan fingerprint density at radius 1 is 1.58 bits per heavy atom. The second kappa shape index (κ2) is 3.62. The molecule has 0 saturated carbocycles. The number of hydrogen-bond acceptors (Lipinski definition) is 1. The van der Waals surface area contributed by atoms with Gasteiger partial charge in [-0.05, 0) is 47.2 Å². The molecule has 0 radical (unpaired) electrons. The van der Waals surface area contributed by atoms with Crippen molar-refractivity contribution in [3.63, 3.8) is 0 Å². The van der Waals surface area contributed by atoms with Gasteiger partial charge in [0.05, 0.1) is 5.56 Å². The van der Waals surface area contributed by atoms with Crippen LogP contribution in [-0.2, 0) is 0 Å². The Kier molecular flexibility index (Phi) is 2.95. The van der Waals surface area contributed by atoms with Crippen molar-refractivity contribution in [1.29, 1.82) is 0 Å². The number of hydrogen-bond donors (Lipinski definition) is 1. The van der Waals surface area contributed by atoms with Crippen molar-refractivity contribution in [1.82, 2.24) is 0 Å². The topological polar surface area (TPSA) is 37.3 Å². The van der Waals surface area contributed by atoms with E-state index in [1.54, 1.807) is 19.1 Å². The summed E-state index contributed by atoms with van der Waals surface area (Å²) in [6, 6.07) is 3.39. The van der Waals surface area contributed by atoms with Gasteiger partial charge in [0.1, 0.15) is 0 Å². The van der Waals surface area contributed by atoms with Gasteiger partial charge in [-0.25, -0.2) is 4.79 Å². The smallest absolute Gasteiger partial charge is 0.337 e. The molecule has 0 aliphatic heterocycles. The summed E-state index contributed by atoms with van der Waals surface area (Å²) < 4.78 is 0.710. The van der Waals surface area contributed by atoms with Crippen molar-refractivity contribution < 1.29 is 9.90 Å². The number of halogens is 2. The SMILES string of the molecule is Cc1c(Cl)ccc(I)c1C(=O)O. The molecule has 0 heterocycles. The number of benzene rings is 1. The van der Waals surface area contributed by atoms with E-state index < -0.39 is 5.97 Å². The van der Waals surface area contributed by atoms with Crippen molar-refractivity contribution >= 4 is 40.2 Å². The maximum Gasteiger partial charge on any atom is 0.337 e. The summed E-state index contributed by atoms with van der Waals surface area (Å²) in [4.78, 5) is 10.7. The number of rotatable bonds is 1. The maximum atomic E-state index is 10.7. The van der Waals surface area contributed by atoms with Crippen LogP contribution in [0.25, 0.3) is 0 Å². The fraction of sp³-hybridized carbons (Fsp3) is 0.125. The van der Waals surface area contributed by atoms with Gasteiger partial charge in [-0.1, -0.05) is 11.6 Å². The zero-order chi connectivity index (χ0) is 9.30. The van der Waals surface area contributed by atoms with Crippen LogP contribution in [0, 0.1) is 10.5 Å². The second-order valence-electron chi connectivity index (χ2n) is 2.33. The lowest BCUT2D eigenvalue weighted by Gasteiger charge is -2.04. The van der Waals surface area contributed by atoms with Gasteiger partial charge in [-0.2, -0.15) is 0 Å². The van der Waals surface area contributed by atoms with E-state index in [2.05, 4.69) is 0 Å². The van der Waals surface area contributed by atoms with Crippen LogP contribution >= 0.6 is 34.2 Å². The molecule has 12 heavy (non-hydrogen) atoms. The predicted octanol–water partition coefficient (Wildman–Crippen LogP) is 2.95. The standard InChI is InChI=1S/C8H6ClIO2/c1-4-5(9)2-3-6(10)7(4)8(11)12/h2-3H,1H3,(H,11,12). The van der Waals surface area contributed by atoms with Crippen molar-refractivity contribution in [2.24, 2.45) is 0 Å². The predicted molar refractivity (Wildman–Crippen MR) is 55.9 cm³/mol. The minimum atomic E-state index is -0.931. The minimum absolute atomic E-state index is 0.295. The van der Waals surface area contributed by atoms with Gasteiger partial charge in [0.25, 0.3) is 0 Å². The van der Waals surface area contributed by atoms with Crippen LogP contribution in [0.2, 0.25) is 5.02 Å². The van der Waals surface area contributed by atoms with Crippen LogP contribution in [0.4, 0.5) is 0 Å². The number of carboxylic acid groups (broad SMARTS) is 1. The molecule has 1 aromatic rings. The molecule has 1 rings (SSSR count). The summed E-state index contributed by atoms with van der Waals surface area (Å²) in [5, 5.41) is 9.30. The fourth-order valence-corrected chi connectivity index (χ4v) is 1.89. The number of carbonyl (C=O) groups is 1. The molecule has 0 amide bonds. The summed E-state index contributed by atoms with van der Waals surface area (Å²) >= 11 is 7.74. The zero-order valence-corrected chi connectivity index (χ0v) is 9.18. The third kappa shape index (κ3) is 1.72. The van der Waals surface area contributed by atoms with Gasteiger partial charge in [-0.3, -0.25) is 0 Å². The van der Waals surface area contributed by atoms with Gasteiger partial charge in [0.15, 0.2) is 0 Å². The monoisotopic (exact) mass is 296 g/mol. The molecular weight excluding hydrogens is 290 g/mol. The van der Waals surface area contributed by atoms with Gasteiger partial charge < -0.3 is 5.11 Å². The lowest BCUT2D eigenvalue weighted by Crippen LogP contribution is -2.02. The molecule has 0 aliphatic carbocycles. The molecule has 4 heteroatoms. The lowest BCUT2D eigenvalue weighted by atomic mass is 10.1. The third-order valence-electron chi connectivity index (χ3n) is 1.56. The van der Waals surface area contributed by atoms with E-state index in [9.17, 15) is 4.79 Å². The van der Waals surface area contributed by atoms with Gasteiger partial charge in [0, 0.05) is 8.59 Å². The van der Waals surface area contributed by atoms with Gasteiger partial charge >= 0.3 is 5.97 Å². The molecule has 0 aliphatic rings. The van der Waals surface area contributed by atoms with E-state index in [1.807, 2.05) is 22.6 Å². The molecule has 1 N–H and O–H groups in total. The van der Waals surface area contributed by atoms with Crippen LogP contribution in [0.5, 0.6) is 0 Å². The molecule has 2 nitrogen and oxygen atoms in total. The second-order valence-corrected chi connectivity index (χ2v) is 3.90. The van der Waals surface area contributed by atoms with Crippen molar-refractivity contribution in [3.05, 3.63) is 31.9 Å². The quantitative estimate of drug-likeness (QED) is 0.809. The Morgan fingerprint density at radius 3 is 2.58 bits per heavy atom. The summed E-state index contributed by atoms with van der Waals surface area (Å²) in [5.41, 5.74) is 0.916. The van der Waals surface area contributed by atoms with Crippen LogP contribution in [-0.4, -0.2) is 11.1 Å². The van der Waals surface area contributed by atoms with Crippen LogP contribution < -0.4 is 0 Å². The van der Waals surface area contributed by atoms with E-state index >= 15 is 0 Å². The Balaban J connectivity index is 3.43. The Morgan fingerprint density at radius 2 is 2.17 bits per heavy atom. The zero-order valence-electron chi connectivity index (χ0n) is 6.27. The molecule has 0 fully saturated rings. The molecule has 0 saturated heterocycles. The molecule has 0 aromatic heterocycles. The van der Waals surface area contributed by atoms with E-state index in [0.29, 0.717) is 19.7 Å². The molecular formula is C8H6ClIO2. The fourth-order valence-electron chi connectivity index (χ4n) is 0.916. The molecule has 0 atom stereocenters. The number of carboxylic acids is 1. The Labute approximate surface area is 88.7 Å². The minimum Gasteiger partial charge on any atom is -0.478 e. The Hall–Kier alpha value is -0.290. The first-order valence-corrected chi connectivity index (χ1v) is 4.67. The molecule has 0 spiro atoms. The third-order valence-corrected chi connectivity index (χ3v) is 2.87. The van der Waals surface area contributed by atoms with Crippen molar-refractivity contribution in [3.8, 4) is 0 Å². The summed E-state index contributed by atoms with van der Waals surface area (Å²) in [6.07, 6.45) is 0. The summed E-state index contributed by atoms with van der Waals surface area (Å²) in [7, 11) is 0. The summed E-state index contributed by atoms with van der Waals surface area (Å²) in [6.45, 7) is 1.70. The van der Waals surface area contributed by atoms with Crippen molar-refractivity contribution in [2.75, 3.05) is 0 Å². The first-order valence-electron chi connectivity index (χ1n) is 3.22. The van der Waals surface area contributed by atoms with Crippen LogP contribution in [0.15, 0.2) is 12.1 Å². The maximum absolute atomic E-state index is 10.7. The van der Waals surface area contributed by atoms with E-state index in [0.717, 1.165) is 0 Å².